The molecule has 1 rings (SSSR count). The molecule has 0 aliphatic rings. The molecule has 1 heterocycles. The third kappa shape index (κ3) is 2.73. The van der Waals surface area contributed by atoms with E-state index in [1.54, 1.807) is 0 Å². The Morgan fingerprint density at radius 2 is 2.23 bits per heavy atom. The zero-order chi connectivity index (χ0) is 10.0. The van der Waals surface area contributed by atoms with Gasteiger partial charge in [0, 0.05) is 15.9 Å². The van der Waals surface area contributed by atoms with Gasteiger partial charge in [0.25, 0.3) is 6.43 Å². The first-order valence-electron chi connectivity index (χ1n) is 3.25. The Morgan fingerprint density at radius 3 is 2.62 bits per heavy atom. The number of hydrogen-bond donors (Lipinski definition) is 0. The molecule has 0 saturated heterocycles. The van der Waals surface area contributed by atoms with E-state index in [2.05, 4.69) is 20.9 Å². The topological polar surface area (TPSA) is 12.9 Å². The zero-order valence-electron chi connectivity index (χ0n) is 6.20. The fourth-order valence-electron chi connectivity index (χ4n) is 0.759. The molecular weight excluding hydrogens is 378 g/mol. The molecule has 0 aromatic carbocycles. The summed E-state index contributed by atoms with van der Waals surface area (Å²) in [5.41, 5.74) is 0.464. The fraction of sp³-hybridized carbons (Fsp3) is 0.286. The summed E-state index contributed by atoms with van der Waals surface area (Å²) in [4.78, 5) is 3.73. The minimum atomic E-state index is -2.57. The Morgan fingerprint density at radius 1 is 1.62 bits per heavy atom. The van der Waals surface area contributed by atoms with E-state index in [1.165, 1.54) is 6.07 Å². The lowest BCUT2D eigenvalue weighted by molar-refractivity contribution is 0.146. The molecule has 0 aliphatic carbocycles. The largest absolute Gasteiger partial charge is 0.280 e. The van der Waals surface area contributed by atoms with Crippen LogP contribution in [0.2, 0.25) is 5.02 Å². The summed E-state index contributed by atoms with van der Waals surface area (Å²) in [6.07, 6.45) is -2.57. The molecule has 0 amide bonds. The van der Waals surface area contributed by atoms with Crippen molar-refractivity contribution in [1.29, 1.82) is 0 Å². The van der Waals surface area contributed by atoms with E-state index in [-0.39, 0.29) is 5.69 Å². The number of nitrogens with zero attached hydrogens (tertiary/aromatic N) is 1. The number of alkyl halides is 3. The minimum absolute atomic E-state index is 0.279. The van der Waals surface area contributed by atoms with Crippen molar-refractivity contribution in [3.05, 3.63) is 26.0 Å². The molecule has 0 N–H and O–H groups in total. The highest BCUT2D eigenvalue weighted by atomic mass is 127. The van der Waals surface area contributed by atoms with Crippen molar-refractivity contribution >= 4 is 50.1 Å². The second kappa shape index (κ2) is 4.84. The van der Waals surface area contributed by atoms with Crippen LogP contribution in [0.4, 0.5) is 8.78 Å². The molecule has 0 bridgehead atoms. The predicted molar refractivity (Wildman–Crippen MR) is 59.6 cm³/mol. The van der Waals surface area contributed by atoms with Crippen LogP contribution < -0.4 is 0 Å². The highest BCUT2D eigenvalue weighted by molar-refractivity contribution is 14.1. The summed E-state index contributed by atoms with van der Waals surface area (Å²) >= 11 is 10.9. The Hall–Kier alpha value is 0.510. The third-order valence-corrected chi connectivity index (χ3v) is 3.19. The molecule has 1 aromatic rings. The Kier molecular flexibility index (Phi) is 4.31. The summed E-state index contributed by atoms with van der Waals surface area (Å²) < 4.78 is 25.0. The van der Waals surface area contributed by atoms with E-state index >= 15 is 0 Å². The average molecular weight is 382 g/mol. The van der Waals surface area contributed by atoms with Crippen LogP contribution in [-0.4, -0.2) is 4.98 Å². The lowest BCUT2D eigenvalue weighted by Crippen LogP contribution is -1.97. The number of hydrogen-bond acceptors (Lipinski definition) is 1. The van der Waals surface area contributed by atoms with Gasteiger partial charge in [-0.05, 0) is 28.7 Å². The van der Waals surface area contributed by atoms with Gasteiger partial charge < -0.3 is 0 Å². The van der Waals surface area contributed by atoms with E-state index in [4.69, 9.17) is 11.6 Å². The Balaban J connectivity index is 3.20. The van der Waals surface area contributed by atoms with E-state index in [0.29, 0.717) is 14.1 Å². The summed E-state index contributed by atoms with van der Waals surface area (Å²) in [5, 5.41) is 0.840. The molecule has 72 valence electrons. The lowest BCUT2D eigenvalue weighted by atomic mass is 10.3. The van der Waals surface area contributed by atoms with Gasteiger partial charge in [0.1, 0.15) is 9.39 Å². The molecule has 0 atom stereocenters. The molecule has 6 heteroatoms. The second-order valence-electron chi connectivity index (χ2n) is 2.23. The monoisotopic (exact) mass is 381 g/mol. The summed E-state index contributed by atoms with van der Waals surface area (Å²) in [6.45, 7) is 0. The molecule has 0 spiro atoms. The van der Waals surface area contributed by atoms with Gasteiger partial charge >= 0.3 is 0 Å². The van der Waals surface area contributed by atoms with Crippen LogP contribution in [0.1, 0.15) is 17.7 Å². The number of halogens is 5. The Labute approximate surface area is 101 Å². The normalized spacial score (nSPS) is 10.9. The zero-order valence-corrected chi connectivity index (χ0v) is 10.7. The maximum atomic E-state index is 12.2. The summed E-state index contributed by atoms with van der Waals surface area (Å²) in [7, 11) is 0. The van der Waals surface area contributed by atoms with Gasteiger partial charge in [-0.2, -0.15) is 0 Å². The van der Waals surface area contributed by atoms with Crippen molar-refractivity contribution in [3.63, 3.8) is 0 Å². The van der Waals surface area contributed by atoms with Crippen LogP contribution in [0.15, 0.2) is 6.07 Å². The van der Waals surface area contributed by atoms with E-state index in [0.717, 1.165) is 5.56 Å². The molecule has 1 nitrogen and oxygen atoms in total. The van der Waals surface area contributed by atoms with Gasteiger partial charge in [-0.25, -0.2) is 13.8 Å². The van der Waals surface area contributed by atoms with Crippen LogP contribution in [-0.2, 0) is 5.33 Å². The van der Waals surface area contributed by atoms with Gasteiger partial charge in [0.15, 0.2) is 0 Å². The fourth-order valence-corrected chi connectivity index (χ4v) is 3.20. The summed E-state index contributed by atoms with van der Waals surface area (Å²) in [6, 6.07) is 1.20. The molecule has 13 heavy (non-hydrogen) atoms. The van der Waals surface area contributed by atoms with Gasteiger partial charge in [0.05, 0.1) is 0 Å². The van der Waals surface area contributed by atoms with Crippen LogP contribution in [0.3, 0.4) is 0 Å². The minimum Gasteiger partial charge on any atom is -0.240 e. The van der Waals surface area contributed by atoms with Crippen molar-refractivity contribution in [2.45, 2.75) is 11.8 Å². The Bertz CT molecular complexity index is 298. The van der Waals surface area contributed by atoms with Gasteiger partial charge in [0.2, 0.25) is 0 Å². The number of aromatic nitrogens is 1. The molecule has 0 aliphatic heterocycles. The van der Waals surface area contributed by atoms with E-state index in [9.17, 15) is 8.78 Å². The molecule has 0 radical (unpaired) electrons. The van der Waals surface area contributed by atoms with Crippen molar-refractivity contribution in [3.8, 4) is 0 Å². The van der Waals surface area contributed by atoms with Crippen molar-refractivity contribution in [1.82, 2.24) is 4.98 Å². The van der Waals surface area contributed by atoms with Gasteiger partial charge in [-0.1, -0.05) is 27.5 Å². The standard InChI is InChI=1S/C7H4BrClF2IN/c8-2-3-4(9)1-5(6(10)11)13-7(3)12/h1,6H,2H2. The quantitative estimate of drug-likeness (QED) is 0.425. The van der Waals surface area contributed by atoms with Gasteiger partial charge in [-0.15, -0.1) is 0 Å². The second-order valence-corrected chi connectivity index (χ2v) is 4.22. The van der Waals surface area contributed by atoms with Crippen molar-refractivity contribution < 1.29 is 8.78 Å². The lowest BCUT2D eigenvalue weighted by Gasteiger charge is -2.05. The molecule has 0 fully saturated rings. The molecular formula is C7H4BrClF2IN. The number of pyridine rings is 1. The van der Waals surface area contributed by atoms with Crippen molar-refractivity contribution in [2.24, 2.45) is 0 Å². The highest BCUT2D eigenvalue weighted by Crippen LogP contribution is 2.27. The first kappa shape index (κ1) is 11.6. The van der Waals surface area contributed by atoms with Crippen LogP contribution in [0, 0.1) is 3.70 Å². The van der Waals surface area contributed by atoms with Gasteiger partial charge in [-0.3, -0.25) is 0 Å². The predicted octanol–water partition coefficient (Wildman–Crippen LogP) is 4.17. The van der Waals surface area contributed by atoms with Crippen LogP contribution in [0.5, 0.6) is 0 Å². The van der Waals surface area contributed by atoms with E-state index < -0.39 is 6.43 Å². The maximum absolute atomic E-state index is 12.2. The summed E-state index contributed by atoms with van der Waals surface area (Å²) in [5.74, 6) is 0. The van der Waals surface area contributed by atoms with Crippen molar-refractivity contribution in [2.75, 3.05) is 0 Å². The molecule has 0 saturated carbocycles. The average Bonchev–Trinajstić information content (AvgIpc) is 2.03. The van der Waals surface area contributed by atoms with Crippen LogP contribution in [0.25, 0.3) is 0 Å². The smallest absolute Gasteiger partial charge is 0.240 e. The molecule has 0 unspecified atom stereocenters. The number of rotatable bonds is 2. The first-order chi connectivity index (χ1) is 6.06. The first-order valence-corrected chi connectivity index (χ1v) is 5.83. The molecule has 1 aromatic heterocycles. The third-order valence-electron chi connectivity index (χ3n) is 1.40. The highest BCUT2D eigenvalue weighted by Gasteiger charge is 2.14. The van der Waals surface area contributed by atoms with Crippen LogP contribution >= 0.6 is 50.1 Å². The maximum Gasteiger partial charge on any atom is 0.280 e. The van der Waals surface area contributed by atoms with E-state index in [1.807, 2.05) is 22.6 Å². The SMILES string of the molecule is FC(F)c1cc(Cl)c(CBr)c(I)n1.